The molecule has 0 bridgehead atoms. The number of benzene rings is 1. The Labute approximate surface area is 119 Å². The molecular formula is C16H21N3O. The van der Waals surface area contributed by atoms with Crippen LogP contribution in [-0.4, -0.2) is 35.4 Å². The number of hydrogen-bond donors (Lipinski definition) is 2. The summed E-state index contributed by atoms with van der Waals surface area (Å²) >= 11 is 0. The largest absolute Gasteiger partial charge is 0.361 e. The molecule has 4 heteroatoms. The van der Waals surface area contributed by atoms with Gasteiger partial charge in [0.15, 0.2) is 0 Å². The number of piperidine rings is 1. The Kier molecular flexibility index (Phi) is 4.02. The van der Waals surface area contributed by atoms with Crippen molar-refractivity contribution < 1.29 is 4.79 Å². The van der Waals surface area contributed by atoms with Gasteiger partial charge in [0.1, 0.15) is 0 Å². The van der Waals surface area contributed by atoms with Crippen LogP contribution >= 0.6 is 0 Å². The number of hydrogen-bond acceptors (Lipinski definition) is 2. The number of aromatic nitrogens is 1. The first-order valence-electron chi connectivity index (χ1n) is 7.38. The van der Waals surface area contributed by atoms with Crippen LogP contribution in [0.25, 0.3) is 10.9 Å². The lowest BCUT2D eigenvalue weighted by atomic mass is 10.1. The standard InChI is InChI=1S/C16H21N3O/c20-16(19-8-4-1-5-9-19)12-17-10-13-11-18-15-7-3-2-6-14(13)15/h2-3,6-7,11,17-18H,1,4-5,8-10,12H2. The van der Waals surface area contributed by atoms with Gasteiger partial charge in [0.2, 0.25) is 5.91 Å². The molecule has 2 aromatic rings. The summed E-state index contributed by atoms with van der Waals surface area (Å²) in [4.78, 5) is 17.3. The first-order chi connectivity index (χ1) is 9.84. The van der Waals surface area contributed by atoms with Crippen LogP contribution in [0, 0.1) is 0 Å². The van der Waals surface area contributed by atoms with E-state index in [2.05, 4.69) is 22.4 Å². The van der Waals surface area contributed by atoms with Gasteiger partial charge < -0.3 is 15.2 Å². The zero-order chi connectivity index (χ0) is 13.8. The second-order valence-electron chi connectivity index (χ2n) is 5.40. The molecule has 1 aromatic carbocycles. The molecule has 0 unspecified atom stereocenters. The first kappa shape index (κ1) is 13.2. The number of rotatable bonds is 4. The van der Waals surface area contributed by atoms with Crippen molar-refractivity contribution in [2.24, 2.45) is 0 Å². The monoisotopic (exact) mass is 271 g/mol. The highest BCUT2D eigenvalue weighted by molar-refractivity contribution is 5.83. The summed E-state index contributed by atoms with van der Waals surface area (Å²) < 4.78 is 0. The SMILES string of the molecule is O=C(CNCc1c[nH]c2ccccc12)N1CCCCC1. The molecule has 20 heavy (non-hydrogen) atoms. The third kappa shape index (κ3) is 2.85. The number of aromatic amines is 1. The third-order valence-corrected chi connectivity index (χ3v) is 3.98. The van der Waals surface area contributed by atoms with E-state index in [4.69, 9.17) is 0 Å². The fourth-order valence-corrected chi connectivity index (χ4v) is 2.84. The highest BCUT2D eigenvalue weighted by Gasteiger charge is 2.15. The van der Waals surface area contributed by atoms with Gasteiger partial charge in [0.25, 0.3) is 0 Å². The molecular weight excluding hydrogens is 250 g/mol. The predicted molar refractivity (Wildman–Crippen MR) is 80.4 cm³/mol. The number of carbonyl (C=O) groups is 1. The van der Waals surface area contributed by atoms with Crippen LogP contribution in [0.15, 0.2) is 30.5 Å². The molecule has 0 aliphatic carbocycles. The summed E-state index contributed by atoms with van der Waals surface area (Å²) in [6.07, 6.45) is 5.57. The lowest BCUT2D eigenvalue weighted by molar-refractivity contribution is -0.131. The number of likely N-dealkylation sites (tertiary alicyclic amines) is 1. The molecule has 0 atom stereocenters. The van der Waals surface area contributed by atoms with Crippen LogP contribution in [-0.2, 0) is 11.3 Å². The van der Waals surface area contributed by atoms with Crippen LogP contribution in [0.2, 0.25) is 0 Å². The Morgan fingerprint density at radius 1 is 1.20 bits per heavy atom. The maximum Gasteiger partial charge on any atom is 0.236 e. The average Bonchev–Trinajstić information content (AvgIpc) is 2.92. The molecule has 1 aromatic heterocycles. The van der Waals surface area contributed by atoms with Crippen LogP contribution < -0.4 is 5.32 Å². The van der Waals surface area contributed by atoms with E-state index < -0.39 is 0 Å². The van der Waals surface area contributed by atoms with Crippen molar-refractivity contribution in [1.29, 1.82) is 0 Å². The topological polar surface area (TPSA) is 48.1 Å². The van der Waals surface area contributed by atoms with E-state index in [0.717, 1.165) is 38.0 Å². The van der Waals surface area contributed by atoms with Gasteiger partial charge in [-0.15, -0.1) is 0 Å². The number of H-pyrrole nitrogens is 1. The van der Waals surface area contributed by atoms with Crippen LogP contribution in [0.1, 0.15) is 24.8 Å². The lowest BCUT2D eigenvalue weighted by Gasteiger charge is -2.26. The molecule has 2 heterocycles. The van der Waals surface area contributed by atoms with E-state index in [-0.39, 0.29) is 5.91 Å². The Hall–Kier alpha value is -1.81. The quantitative estimate of drug-likeness (QED) is 0.896. The van der Waals surface area contributed by atoms with Crippen molar-refractivity contribution >= 4 is 16.8 Å². The normalized spacial score (nSPS) is 15.7. The van der Waals surface area contributed by atoms with Crippen LogP contribution in [0.5, 0.6) is 0 Å². The number of fused-ring (bicyclic) bond motifs is 1. The number of para-hydroxylation sites is 1. The summed E-state index contributed by atoms with van der Waals surface area (Å²) in [5.74, 6) is 0.226. The van der Waals surface area contributed by atoms with E-state index in [1.54, 1.807) is 0 Å². The summed E-state index contributed by atoms with van der Waals surface area (Å²) in [6, 6.07) is 8.24. The van der Waals surface area contributed by atoms with E-state index in [1.807, 2.05) is 23.2 Å². The van der Waals surface area contributed by atoms with Crippen molar-refractivity contribution in [3.05, 3.63) is 36.0 Å². The summed E-state index contributed by atoms with van der Waals surface area (Å²) in [7, 11) is 0. The Bertz CT molecular complexity index is 584. The van der Waals surface area contributed by atoms with Gasteiger partial charge in [-0.2, -0.15) is 0 Å². The summed E-state index contributed by atoms with van der Waals surface area (Å²) in [6.45, 7) is 3.00. The number of carbonyl (C=O) groups excluding carboxylic acids is 1. The molecule has 106 valence electrons. The Morgan fingerprint density at radius 3 is 2.85 bits per heavy atom. The van der Waals surface area contributed by atoms with Gasteiger partial charge in [0.05, 0.1) is 6.54 Å². The fourth-order valence-electron chi connectivity index (χ4n) is 2.84. The lowest BCUT2D eigenvalue weighted by Crippen LogP contribution is -2.40. The molecule has 0 radical (unpaired) electrons. The van der Waals surface area contributed by atoms with E-state index in [9.17, 15) is 4.79 Å². The number of nitrogens with one attached hydrogen (secondary N) is 2. The first-order valence-corrected chi connectivity index (χ1v) is 7.38. The molecule has 1 aliphatic rings. The van der Waals surface area contributed by atoms with Crippen LogP contribution in [0.4, 0.5) is 0 Å². The molecule has 0 saturated carbocycles. The van der Waals surface area contributed by atoms with Gasteiger partial charge in [-0.3, -0.25) is 4.79 Å². The molecule has 4 nitrogen and oxygen atoms in total. The van der Waals surface area contributed by atoms with Crippen molar-refractivity contribution in [2.75, 3.05) is 19.6 Å². The van der Waals surface area contributed by atoms with Gasteiger partial charge in [0, 0.05) is 36.7 Å². The fraction of sp³-hybridized carbons (Fsp3) is 0.438. The predicted octanol–water partition coefficient (Wildman–Crippen LogP) is 2.27. The minimum absolute atomic E-state index is 0.226. The Morgan fingerprint density at radius 2 is 2.00 bits per heavy atom. The Balaban J connectivity index is 1.53. The van der Waals surface area contributed by atoms with Gasteiger partial charge >= 0.3 is 0 Å². The molecule has 1 fully saturated rings. The van der Waals surface area contributed by atoms with Crippen molar-refractivity contribution in [3.8, 4) is 0 Å². The van der Waals surface area contributed by atoms with Crippen molar-refractivity contribution in [3.63, 3.8) is 0 Å². The minimum Gasteiger partial charge on any atom is -0.361 e. The maximum absolute atomic E-state index is 12.0. The molecule has 3 rings (SSSR count). The van der Waals surface area contributed by atoms with Gasteiger partial charge in [-0.05, 0) is 30.9 Å². The van der Waals surface area contributed by atoms with E-state index in [1.165, 1.54) is 17.4 Å². The van der Waals surface area contributed by atoms with Gasteiger partial charge in [-0.25, -0.2) is 0 Å². The van der Waals surface area contributed by atoms with Crippen LogP contribution in [0.3, 0.4) is 0 Å². The number of amides is 1. The van der Waals surface area contributed by atoms with E-state index >= 15 is 0 Å². The average molecular weight is 271 g/mol. The maximum atomic E-state index is 12.0. The minimum atomic E-state index is 0.226. The second kappa shape index (κ2) is 6.09. The summed E-state index contributed by atoms with van der Waals surface area (Å²) in [5, 5.41) is 4.49. The summed E-state index contributed by atoms with van der Waals surface area (Å²) in [5.41, 5.74) is 2.36. The third-order valence-electron chi connectivity index (χ3n) is 3.98. The van der Waals surface area contributed by atoms with E-state index in [0.29, 0.717) is 6.54 Å². The smallest absolute Gasteiger partial charge is 0.236 e. The van der Waals surface area contributed by atoms with Gasteiger partial charge in [-0.1, -0.05) is 18.2 Å². The van der Waals surface area contributed by atoms with Crippen molar-refractivity contribution in [2.45, 2.75) is 25.8 Å². The zero-order valence-corrected chi connectivity index (χ0v) is 11.7. The zero-order valence-electron chi connectivity index (χ0n) is 11.7. The highest BCUT2D eigenvalue weighted by atomic mass is 16.2. The molecule has 1 aliphatic heterocycles. The molecule has 2 N–H and O–H groups in total. The molecule has 1 saturated heterocycles. The molecule has 1 amide bonds. The van der Waals surface area contributed by atoms with Crippen molar-refractivity contribution in [1.82, 2.24) is 15.2 Å². The number of nitrogens with zero attached hydrogens (tertiary/aromatic N) is 1. The molecule has 0 spiro atoms. The second-order valence-corrected chi connectivity index (χ2v) is 5.40. The highest BCUT2D eigenvalue weighted by Crippen LogP contribution is 2.17.